The highest BCUT2D eigenvalue weighted by Gasteiger charge is 2.45. The molecule has 14 nitrogen and oxygen atoms in total. The van der Waals surface area contributed by atoms with Crippen molar-refractivity contribution in [3.63, 3.8) is 0 Å². The maximum absolute atomic E-state index is 13.7. The molecule has 0 bridgehead atoms. The fourth-order valence-corrected chi connectivity index (χ4v) is 6.25. The first-order chi connectivity index (χ1) is 21.3. The van der Waals surface area contributed by atoms with E-state index in [4.69, 9.17) is 10.5 Å². The SMILES string of the molecule is C=C/C=C(/NC(=O)[C@@H]1C[C@@H](Oc2nnc(-n3ccnc3)c3ccccc23)CN1C(=O)[C@@H](N)C(C)(C)C)C(=O)NS(=O)(=O)C1CC1. The van der Waals surface area contributed by atoms with Crippen LogP contribution in [-0.4, -0.2) is 80.8 Å². The highest BCUT2D eigenvalue weighted by atomic mass is 32.2. The number of likely N-dealkylation sites (tertiary alicyclic amines) is 1. The largest absolute Gasteiger partial charge is 0.471 e. The normalized spacial score (nSPS) is 19.6. The van der Waals surface area contributed by atoms with Gasteiger partial charge >= 0.3 is 0 Å². The van der Waals surface area contributed by atoms with Crippen molar-refractivity contribution >= 4 is 38.5 Å². The van der Waals surface area contributed by atoms with E-state index in [2.05, 4.69) is 27.1 Å². The zero-order chi connectivity index (χ0) is 32.5. The van der Waals surface area contributed by atoms with Gasteiger partial charge in [-0.25, -0.2) is 18.1 Å². The monoisotopic (exact) mass is 636 g/mol. The van der Waals surface area contributed by atoms with Gasteiger partial charge in [0.15, 0.2) is 5.82 Å². The number of hydrogen-bond donors (Lipinski definition) is 3. The van der Waals surface area contributed by atoms with Gasteiger partial charge in [0.25, 0.3) is 5.91 Å². The van der Waals surface area contributed by atoms with Crippen molar-refractivity contribution in [2.24, 2.45) is 11.1 Å². The lowest BCUT2D eigenvalue weighted by atomic mass is 9.86. The Bertz CT molecular complexity index is 1760. The van der Waals surface area contributed by atoms with E-state index in [0.29, 0.717) is 24.0 Å². The number of nitrogens with two attached hydrogens (primary N) is 1. The van der Waals surface area contributed by atoms with Crippen molar-refractivity contribution in [3.8, 4) is 11.7 Å². The number of fused-ring (bicyclic) bond motifs is 1. The number of carbonyl (C=O) groups is 3. The standard InChI is InChI=1S/C30H36N8O6S/c1-5-8-22(26(39)36-45(42,43)19-11-12-19)33-27(40)23-15-18(16-38(23)29(41)24(31)30(2,3)4)44-28-21-10-7-6-9-20(21)25(34-35-28)37-14-13-32-17-37/h5-10,13-14,17-19,23-24H,1,11-12,15-16,31H2,2-4H3,(H,33,40)(H,36,39)/b22-8+/t18-,23+,24-/m1/s1. The van der Waals surface area contributed by atoms with Gasteiger partial charge in [-0.3, -0.25) is 19.0 Å². The predicted octanol–water partition coefficient (Wildman–Crippen LogP) is 1.33. The molecule has 4 N–H and O–H groups in total. The molecule has 1 aliphatic heterocycles. The number of carbonyl (C=O) groups excluding carboxylic acids is 3. The predicted molar refractivity (Wildman–Crippen MR) is 165 cm³/mol. The molecular formula is C30H36N8O6S. The molecule has 2 aromatic heterocycles. The Kier molecular flexibility index (Phi) is 8.76. The molecule has 3 aromatic rings. The lowest BCUT2D eigenvalue weighted by Gasteiger charge is -2.32. The summed E-state index contributed by atoms with van der Waals surface area (Å²) in [5, 5.41) is 11.9. The maximum atomic E-state index is 13.7. The van der Waals surface area contributed by atoms with Gasteiger partial charge in [0.05, 0.1) is 17.8 Å². The number of aromatic nitrogens is 4. The lowest BCUT2D eigenvalue weighted by molar-refractivity contribution is -0.141. The van der Waals surface area contributed by atoms with Crippen LogP contribution in [0.1, 0.15) is 40.0 Å². The van der Waals surface area contributed by atoms with Crippen molar-refractivity contribution in [2.75, 3.05) is 6.54 Å². The van der Waals surface area contributed by atoms with E-state index < -0.39 is 56.6 Å². The van der Waals surface area contributed by atoms with Crippen molar-refractivity contribution < 1.29 is 27.5 Å². The van der Waals surface area contributed by atoms with Crippen molar-refractivity contribution in [1.82, 2.24) is 34.7 Å². The van der Waals surface area contributed by atoms with Crippen LogP contribution in [-0.2, 0) is 24.4 Å². The van der Waals surface area contributed by atoms with Crippen LogP contribution < -0.4 is 20.5 Å². The number of benzene rings is 1. The first-order valence-corrected chi connectivity index (χ1v) is 16.0. The summed E-state index contributed by atoms with van der Waals surface area (Å²) < 4.78 is 34.7. The molecule has 1 aromatic carbocycles. The summed E-state index contributed by atoms with van der Waals surface area (Å²) in [4.78, 5) is 45.6. The van der Waals surface area contributed by atoms with Crippen LogP contribution in [0.25, 0.3) is 16.6 Å². The van der Waals surface area contributed by atoms with Gasteiger partial charge in [-0.15, -0.1) is 10.2 Å². The summed E-state index contributed by atoms with van der Waals surface area (Å²) in [5.41, 5.74) is 5.38. The molecule has 1 saturated carbocycles. The molecule has 2 fully saturated rings. The van der Waals surface area contributed by atoms with Crippen LogP contribution in [0.3, 0.4) is 0 Å². The third-order valence-corrected chi connectivity index (χ3v) is 9.51. The van der Waals surface area contributed by atoms with Gasteiger partial charge in [0, 0.05) is 29.6 Å². The second-order valence-corrected chi connectivity index (χ2v) is 14.1. The van der Waals surface area contributed by atoms with E-state index in [1.165, 1.54) is 17.1 Å². The molecule has 0 spiro atoms. The van der Waals surface area contributed by atoms with Crippen LogP contribution >= 0.6 is 0 Å². The van der Waals surface area contributed by atoms with Gasteiger partial charge in [0.2, 0.25) is 27.7 Å². The third-order valence-electron chi connectivity index (χ3n) is 7.69. The Morgan fingerprint density at radius 2 is 1.87 bits per heavy atom. The van der Waals surface area contributed by atoms with Crippen LogP contribution in [0.15, 0.2) is 67.4 Å². The molecule has 0 radical (unpaired) electrons. The molecule has 3 atom stereocenters. The van der Waals surface area contributed by atoms with Crippen LogP contribution in [0.5, 0.6) is 5.88 Å². The average Bonchev–Trinajstić information content (AvgIpc) is 3.57. The Hall–Kier alpha value is -4.63. The second-order valence-electron chi connectivity index (χ2n) is 12.2. The summed E-state index contributed by atoms with van der Waals surface area (Å²) >= 11 is 0. The number of amides is 3. The molecule has 2 aliphatic rings. The van der Waals surface area contributed by atoms with Gasteiger partial charge in [-0.05, 0) is 30.4 Å². The number of allylic oxidation sites excluding steroid dienone is 2. The highest BCUT2D eigenvalue weighted by Crippen LogP contribution is 2.31. The van der Waals surface area contributed by atoms with Gasteiger partial charge in [0.1, 0.15) is 24.2 Å². The summed E-state index contributed by atoms with van der Waals surface area (Å²) in [6.07, 6.45) is 7.67. The first kappa shape index (κ1) is 31.8. The van der Waals surface area contributed by atoms with E-state index in [9.17, 15) is 22.8 Å². The Morgan fingerprint density at radius 1 is 1.16 bits per heavy atom. The molecule has 3 heterocycles. The summed E-state index contributed by atoms with van der Waals surface area (Å²) in [6.45, 7) is 9.00. The third kappa shape index (κ3) is 6.88. The topological polar surface area (TPSA) is 191 Å². The molecule has 45 heavy (non-hydrogen) atoms. The average molecular weight is 637 g/mol. The molecule has 238 valence electrons. The van der Waals surface area contributed by atoms with E-state index in [0.717, 1.165) is 5.39 Å². The van der Waals surface area contributed by atoms with Crippen LogP contribution in [0.4, 0.5) is 0 Å². The van der Waals surface area contributed by atoms with Gasteiger partial charge < -0.3 is 20.7 Å². The van der Waals surface area contributed by atoms with Crippen molar-refractivity contribution in [3.05, 3.63) is 67.4 Å². The molecule has 1 aliphatic carbocycles. The van der Waals surface area contributed by atoms with Crippen LogP contribution in [0.2, 0.25) is 0 Å². The zero-order valence-corrected chi connectivity index (χ0v) is 26.0. The highest BCUT2D eigenvalue weighted by molar-refractivity contribution is 7.91. The molecule has 0 unspecified atom stereocenters. The zero-order valence-electron chi connectivity index (χ0n) is 25.2. The Labute approximate surface area is 260 Å². The number of ether oxygens (including phenoxy) is 1. The lowest BCUT2D eigenvalue weighted by Crippen LogP contribution is -2.55. The Morgan fingerprint density at radius 3 is 2.49 bits per heavy atom. The minimum Gasteiger partial charge on any atom is -0.471 e. The minimum atomic E-state index is -3.88. The van der Waals surface area contributed by atoms with Crippen molar-refractivity contribution in [2.45, 2.75) is 63.5 Å². The number of hydrogen-bond acceptors (Lipinski definition) is 10. The first-order valence-electron chi connectivity index (χ1n) is 14.5. The smallest absolute Gasteiger partial charge is 0.281 e. The van der Waals surface area contributed by atoms with E-state index >= 15 is 0 Å². The fourth-order valence-electron chi connectivity index (χ4n) is 4.96. The molecule has 3 amide bonds. The molecular weight excluding hydrogens is 600 g/mol. The van der Waals surface area contributed by atoms with E-state index in [1.807, 2.05) is 49.8 Å². The molecule has 15 heteroatoms. The van der Waals surface area contributed by atoms with E-state index in [1.54, 1.807) is 23.3 Å². The maximum Gasteiger partial charge on any atom is 0.281 e. The number of sulfonamides is 1. The summed E-state index contributed by atoms with van der Waals surface area (Å²) in [6, 6.07) is 5.35. The second kappa shape index (κ2) is 12.4. The fraction of sp³-hybridized carbons (Fsp3) is 0.400. The van der Waals surface area contributed by atoms with Crippen molar-refractivity contribution in [1.29, 1.82) is 0 Å². The minimum absolute atomic E-state index is 0.00272. The van der Waals surface area contributed by atoms with Crippen LogP contribution in [0, 0.1) is 5.41 Å². The van der Waals surface area contributed by atoms with E-state index in [-0.39, 0.29) is 24.5 Å². The quantitative estimate of drug-likeness (QED) is 0.216. The van der Waals surface area contributed by atoms with Gasteiger partial charge in [-0.1, -0.05) is 51.6 Å². The Balaban J connectivity index is 1.41. The molecule has 1 saturated heterocycles. The molecule has 5 rings (SSSR count). The summed E-state index contributed by atoms with van der Waals surface area (Å²) in [7, 11) is -3.88. The van der Waals surface area contributed by atoms with Gasteiger partial charge in [-0.2, -0.15) is 0 Å². The number of nitrogens with one attached hydrogen (secondary N) is 2. The number of rotatable bonds is 10. The number of nitrogens with zero attached hydrogens (tertiary/aromatic N) is 5. The summed E-state index contributed by atoms with van der Waals surface area (Å²) in [5.74, 6) is -1.44. The number of imidazole rings is 1.